The number of amides is 2. The first-order valence-electron chi connectivity index (χ1n) is 8.27. The number of benzene rings is 1. The first-order valence-corrected chi connectivity index (χ1v) is 8.27. The fraction of sp³-hybridized carbons (Fsp3) is 0.471. The van der Waals surface area contributed by atoms with Crippen LogP contribution in [0.15, 0.2) is 42.7 Å². The van der Waals surface area contributed by atoms with Gasteiger partial charge in [0.05, 0.1) is 25.0 Å². The SMILES string of the molecule is O=C(NC1CCCCC1)NC(Cn1nccn1)c1ccccc1. The highest BCUT2D eigenvalue weighted by atomic mass is 16.2. The molecule has 6 nitrogen and oxygen atoms in total. The fourth-order valence-corrected chi connectivity index (χ4v) is 3.05. The van der Waals surface area contributed by atoms with Crippen molar-refractivity contribution in [3.63, 3.8) is 0 Å². The van der Waals surface area contributed by atoms with E-state index in [0.717, 1.165) is 18.4 Å². The molecular weight excluding hydrogens is 290 g/mol. The lowest BCUT2D eigenvalue weighted by Gasteiger charge is -2.25. The van der Waals surface area contributed by atoms with Crippen LogP contribution in [0.5, 0.6) is 0 Å². The summed E-state index contributed by atoms with van der Waals surface area (Å²) in [5.41, 5.74) is 1.04. The topological polar surface area (TPSA) is 71.8 Å². The molecular formula is C17H23N5O. The molecule has 2 aromatic rings. The molecule has 1 unspecified atom stereocenters. The summed E-state index contributed by atoms with van der Waals surface area (Å²) >= 11 is 0. The standard InChI is InChI=1S/C17H23N5O/c23-17(20-15-9-5-2-6-10-15)21-16(13-22-18-11-12-19-22)14-7-3-1-4-8-14/h1,3-4,7-8,11-12,15-16H,2,5-6,9-10,13H2,(H2,20,21,23). The monoisotopic (exact) mass is 313 g/mol. The third kappa shape index (κ3) is 4.55. The summed E-state index contributed by atoms with van der Waals surface area (Å²) in [6, 6.07) is 9.95. The van der Waals surface area contributed by atoms with Crippen LogP contribution < -0.4 is 10.6 Å². The molecule has 6 heteroatoms. The van der Waals surface area contributed by atoms with Gasteiger partial charge in [0.1, 0.15) is 0 Å². The molecule has 1 aliphatic rings. The molecule has 0 radical (unpaired) electrons. The van der Waals surface area contributed by atoms with Crippen molar-refractivity contribution in [2.24, 2.45) is 0 Å². The molecule has 1 fully saturated rings. The third-order valence-corrected chi connectivity index (χ3v) is 4.26. The Balaban J connectivity index is 1.64. The Kier molecular flexibility index (Phi) is 5.24. The zero-order valence-electron chi connectivity index (χ0n) is 13.2. The Bertz CT molecular complexity index is 593. The van der Waals surface area contributed by atoms with E-state index in [9.17, 15) is 4.79 Å². The molecule has 0 bridgehead atoms. The predicted octanol–water partition coefficient (Wildman–Crippen LogP) is 2.65. The van der Waals surface area contributed by atoms with Crippen molar-refractivity contribution in [3.8, 4) is 0 Å². The molecule has 0 spiro atoms. The lowest BCUT2D eigenvalue weighted by atomic mass is 9.96. The van der Waals surface area contributed by atoms with Crippen LogP contribution in [0.1, 0.15) is 43.7 Å². The quantitative estimate of drug-likeness (QED) is 0.891. The van der Waals surface area contributed by atoms with Crippen LogP contribution in [0, 0.1) is 0 Å². The summed E-state index contributed by atoms with van der Waals surface area (Å²) in [5, 5.41) is 14.4. The van der Waals surface area contributed by atoms with Gasteiger partial charge in [-0.2, -0.15) is 15.0 Å². The van der Waals surface area contributed by atoms with E-state index in [1.807, 2.05) is 30.3 Å². The van der Waals surface area contributed by atoms with Gasteiger partial charge in [-0.05, 0) is 18.4 Å². The molecule has 2 amide bonds. The van der Waals surface area contributed by atoms with Crippen LogP contribution in [0.2, 0.25) is 0 Å². The van der Waals surface area contributed by atoms with Gasteiger partial charge >= 0.3 is 6.03 Å². The second kappa shape index (κ2) is 7.76. The minimum Gasteiger partial charge on any atom is -0.335 e. The molecule has 1 aromatic carbocycles. The molecule has 1 atom stereocenters. The minimum absolute atomic E-state index is 0.113. The average molecular weight is 313 g/mol. The van der Waals surface area contributed by atoms with E-state index in [2.05, 4.69) is 20.8 Å². The molecule has 2 N–H and O–H groups in total. The minimum atomic E-state index is -0.160. The average Bonchev–Trinajstić information content (AvgIpc) is 3.09. The number of aromatic nitrogens is 3. The summed E-state index contributed by atoms with van der Waals surface area (Å²) in [7, 11) is 0. The van der Waals surface area contributed by atoms with Gasteiger partial charge < -0.3 is 10.6 Å². The van der Waals surface area contributed by atoms with Gasteiger partial charge in [0, 0.05) is 6.04 Å². The van der Waals surface area contributed by atoms with Crippen molar-refractivity contribution in [1.29, 1.82) is 0 Å². The number of hydrogen-bond acceptors (Lipinski definition) is 3. The Morgan fingerprint density at radius 2 is 1.83 bits per heavy atom. The molecule has 1 saturated carbocycles. The molecule has 23 heavy (non-hydrogen) atoms. The second-order valence-corrected chi connectivity index (χ2v) is 6.00. The predicted molar refractivity (Wildman–Crippen MR) is 87.7 cm³/mol. The van der Waals surface area contributed by atoms with Crippen LogP contribution >= 0.6 is 0 Å². The maximum Gasteiger partial charge on any atom is 0.315 e. The highest BCUT2D eigenvalue weighted by molar-refractivity contribution is 5.74. The van der Waals surface area contributed by atoms with Crippen LogP contribution in [-0.4, -0.2) is 27.1 Å². The van der Waals surface area contributed by atoms with Gasteiger partial charge in [-0.1, -0.05) is 49.6 Å². The molecule has 3 rings (SSSR count). The third-order valence-electron chi connectivity index (χ3n) is 4.26. The second-order valence-electron chi connectivity index (χ2n) is 6.00. The fourth-order valence-electron chi connectivity index (χ4n) is 3.05. The molecule has 1 aromatic heterocycles. The highest BCUT2D eigenvalue weighted by Crippen LogP contribution is 2.18. The van der Waals surface area contributed by atoms with E-state index >= 15 is 0 Å². The molecule has 0 aliphatic heterocycles. The first kappa shape index (κ1) is 15.5. The number of carbonyl (C=O) groups is 1. The normalized spacial score (nSPS) is 16.7. The Hall–Kier alpha value is -2.37. The maximum atomic E-state index is 12.4. The number of hydrogen-bond donors (Lipinski definition) is 2. The molecule has 0 saturated heterocycles. The van der Waals surface area contributed by atoms with Gasteiger partial charge in [0.15, 0.2) is 0 Å². The van der Waals surface area contributed by atoms with Crippen LogP contribution in [0.3, 0.4) is 0 Å². The van der Waals surface area contributed by atoms with E-state index in [1.54, 1.807) is 17.2 Å². The van der Waals surface area contributed by atoms with Gasteiger partial charge in [-0.25, -0.2) is 4.79 Å². The Morgan fingerprint density at radius 1 is 1.13 bits per heavy atom. The van der Waals surface area contributed by atoms with Crippen molar-refractivity contribution < 1.29 is 4.79 Å². The van der Waals surface area contributed by atoms with E-state index in [0.29, 0.717) is 12.6 Å². The smallest absolute Gasteiger partial charge is 0.315 e. The number of nitrogens with zero attached hydrogens (tertiary/aromatic N) is 3. The maximum absolute atomic E-state index is 12.4. The van der Waals surface area contributed by atoms with Crippen LogP contribution in [0.25, 0.3) is 0 Å². The summed E-state index contributed by atoms with van der Waals surface area (Å²) < 4.78 is 0. The van der Waals surface area contributed by atoms with Gasteiger partial charge in [0.25, 0.3) is 0 Å². The molecule has 122 valence electrons. The van der Waals surface area contributed by atoms with Crippen molar-refractivity contribution in [1.82, 2.24) is 25.6 Å². The van der Waals surface area contributed by atoms with Crippen LogP contribution in [-0.2, 0) is 6.54 Å². The molecule has 1 heterocycles. The van der Waals surface area contributed by atoms with Gasteiger partial charge in [0.2, 0.25) is 0 Å². The lowest BCUT2D eigenvalue weighted by molar-refractivity contribution is 0.226. The van der Waals surface area contributed by atoms with Crippen molar-refractivity contribution in [2.45, 2.75) is 50.7 Å². The van der Waals surface area contributed by atoms with Crippen molar-refractivity contribution in [3.05, 3.63) is 48.3 Å². The lowest BCUT2D eigenvalue weighted by Crippen LogP contribution is -2.45. The van der Waals surface area contributed by atoms with E-state index in [4.69, 9.17) is 0 Å². The summed E-state index contributed by atoms with van der Waals surface area (Å²) in [4.78, 5) is 13.9. The number of urea groups is 1. The van der Waals surface area contributed by atoms with Crippen LogP contribution in [0.4, 0.5) is 4.79 Å². The van der Waals surface area contributed by atoms with Gasteiger partial charge in [-0.15, -0.1) is 0 Å². The molecule has 1 aliphatic carbocycles. The summed E-state index contributed by atoms with van der Waals surface area (Å²) in [6.07, 6.45) is 9.11. The van der Waals surface area contributed by atoms with E-state index in [-0.39, 0.29) is 12.1 Å². The van der Waals surface area contributed by atoms with Crippen molar-refractivity contribution >= 4 is 6.03 Å². The van der Waals surface area contributed by atoms with E-state index < -0.39 is 0 Å². The number of carbonyl (C=O) groups excluding carboxylic acids is 1. The first-order chi connectivity index (χ1) is 11.3. The van der Waals surface area contributed by atoms with E-state index in [1.165, 1.54) is 19.3 Å². The highest BCUT2D eigenvalue weighted by Gasteiger charge is 2.19. The summed E-state index contributed by atoms with van der Waals surface area (Å²) in [6.45, 7) is 0.509. The zero-order chi connectivity index (χ0) is 15.9. The zero-order valence-corrected chi connectivity index (χ0v) is 13.2. The number of rotatable bonds is 5. The van der Waals surface area contributed by atoms with Gasteiger partial charge in [-0.3, -0.25) is 0 Å². The number of nitrogens with one attached hydrogen (secondary N) is 2. The largest absolute Gasteiger partial charge is 0.335 e. The Labute approximate surface area is 136 Å². The summed E-state index contributed by atoms with van der Waals surface area (Å²) in [5.74, 6) is 0. The van der Waals surface area contributed by atoms with Crippen molar-refractivity contribution in [2.75, 3.05) is 0 Å². The Morgan fingerprint density at radius 3 is 2.52 bits per heavy atom.